The minimum atomic E-state index is -4.28. The molecule has 0 unspecified atom stereocenters. The van der Waals surface area contributed by atoms with Crippen LogP contribution in [0.4, 0.5) is 13.2 Å². The fourth-order valence-electron chi connectivity index (χ4n) is 3.58. The lowest BCUT2D eigenvalue weighted by Crippen LogP contribution is -2.53. The highest BCUT2D eigenvalue weighted by Crippen LogP contribution is 2.42. The third-order valence-electron chi connectivity index (χ3n) is 4.71. The summed E-state index contributed by atoms with van der Waals surface area (Å²) in [5.74, 6) is -2.72. The van der Waals surface area contributed by atoms with E-state index in [4.69, 9.17) is 0 Å². The van der Waals surface area contributed by atoms with Crippen LogP contribution in [-0.4, -0.2) is 65.8 Å². The zero-order chi connectivity index (χ0) is 16.3. The van der Waals surface area contributed by atoms with Gasteiger partial charge in [-0.3, -0.25) is 9.69 Å². The first-order valence-electron chi connectivity index (χ1n) is 8.05. The Morgan fingerprint density at radius 2 is 1.77 bits per heavy atom. The summed E-state index contributed by atoms with van der Waals surface area (Å²) in [7, 11) is 0. The van der Waals surface area contributed by atoms with E-state index >= 15 is 0 Å². The fourth-order valence-corrected chi connectivity index (χ4v) is 3.58. The van der Waals surface area contributed by atoms with E-state index in [1.807, 2.05) is 4.90 Å². The van der Waals surface area contributed by atoms with Crippen molar-refractivity contribution in [3.63, 3.8) is 0 Å². The van der Waals surface area contributed by atoms with Gasteiger partial charge in [0, 0.05) is 38.6 Å². The normalized spacial score (nSPS) is 29.4. The number of aliphatic hydroxyl groups excluding tert-OH is 1. The molecule has 0 bridgehead atoms. The van der Waals surface area contributed by atoms with Crippen molar-refractivity contribution in [1.82, 2.24) is 9.80 Å². The number of halogens is 3. The van der Waals surface area contributed by atoms with Crippen LogP contribution in [0.2, 0.25) is 0 Å². The molecule has 0 spiro atoms. The molecule has 128 valence electrons. The first-order chi connectivity index (χ1) is 10.3. The topological polar surface area (TPSA) is 43.8 Å². The minimum absolute atomic E-state index is 0.0713. The Hall–Kier alpha value is -0.820. The average Bonchev–Trinajstić information content (AvgIpc) is 2.46. The van der Waals surface area contributed by atoms with Gasteiger partial charge in [0.15, 0.2) is 0 Å². The Morgan fingerprint density at radius 3 is 2.32 bits per heavy atom. The molecule has 1 saturated carbocycles. The van der Waals surface area contributed by atoms with Crippen molar-refractivity contribution in [2.24, 2.45) is 11.8 Å². The molecule has 1 aliphatic carbocycles. The number of rotatable bonds is 3. The van der Waals surface area contributed by atoms with E-state index in [0.29, 0.717) is 52.0 Å². The van der Waals surface area contributed by atoms with Gasteiger partial charge in [-0.15, -0.1) is 0 Å². The Balaban J connectivity index is 1.93. The minimum Gasteiger partial charge on any atom is -0.392 e. The van der Waals surface area contributed by atoms with Crippen molar-refractivity contribution in [2.45, 2.75) is 44.9 Å². The number of β-amino-alcohol motifs (C(OH)–C–C–N with tert-alkyl or cyclic N) is 1. The van der Waals surface area contributed by atoms with Crippen LogP contribution in [0.25, 0.3) is 0 Å². The molecular weight excluding hydrogens is 297 g/mol. The van der Waals surface area contributed by atoms with Crippen LogP contribution in [0.1, 0.15) is 32.6 Å². The first kappa shape index (κ1) is 17.5. The van der Waals surface area contributed by atoms with Crippen LogP contribution in [0.15, 0.2) is 0 Å². The highest BCUT2D eigenvalue weighted by atomic mass is 19.4. The Bertz CT molecular complexity index is 379. The highest BCUT2D eigenvalue weighted by molar-refractivity contribution is 5.79. The molecule has 0 radical (unpaired) electrons. The molecule has 2 fully saturated rings. The molecule has 1 saturated heterocycles. The van der Waals surface area contributed by atoms with Gasteiger partial charge in [0.05, 0.1) is 12.0 Å². The van der Waals surface area contributed by atoms with Gasteiger partial charge in [-0.2, -0.15) is 13.2 Å². The zero-order valence-corrected chi connectivity index (χ0v) is 13.0. The van der Waals surface area contributed by atoms with Crippen LogP contribution in [0.3, 0.4) is 0 Å². The van der Waals surface area contributed by atoms with Crippen LogP contribution < -0.4 is 0 Å². The largest absolute Gasteiger partial charge is 0.392 e. The Kier molecular flexibility index (Phi) is 5.71. The van der Waals surface area contributed by atoms with Gasteiger partial charge in [-0.1, -0.05) is 12.8 Å². The van der Waals surface area contributed by atoms with Gasteiger partial charge >= 0.3 is 6.18 Å². The lowest BCUT2D eigenvalue weighted by Gasteiger charge is -2.39. The van der Waals surface area contributed by atoms with E-state index in [1.54, 1.807) is 11.8 Å². The number of hydrogen-bond acceptors (Lipinski definition) is 3. The van der Waals surface area contributed by atoms with Gasteiger partial charge in [0.2, 0.25) is 5.91 Å². The summed E-state index contributed by atoms with van der Waals surface area (Å²) in [6.07, 6.45) is -3.05. The van der Waals surface area contributed by atoms with Crippen LogP contribution in [0, 0.1) is 11.8 Å². The van der Waals surface area contributed by atoms with Gasteiger partial charge < -0.3 is 10.0 Å². The van der Waals surface area contributed by atoms with Gasteiger partial charge in [0.1, 0.15) is 0 Å². The summed E-state index contributed by atoms with van der Waals surface area (Å²) in [4.78, 5) is 16.1. The van der Waals surface area contributed by atoms with Gasteiger partial charge in [-0.05, 0) is 19.8 Å². The lowest BCUT2D eigenvalue weighted by atomic mass is 9.78. The number of alkyl halides is 3. The van der Waals surface area contributed by atoms with E-state index in [1.165, 1.54) is 0 Å². The summed E-state index contributed by atoms with van der Waals surface area (Å²) < 4.78 is 39.4. The molecule has 2 aliphatic rings. The van der Waals surface area contributed by atoms with Crippen LogP contribution in [-0.2, 0) is 4.79 Å². The average molecular weight is 322 g/mol. The Labute approximate surface area is 129 Å². The fraction of sp³-hybridized carbons (Fsp3) is 0.933. The third kappa shape index (κ3) is 4.35. The number of aliphatic hydroxyl groups is 1. The van der Waals surface area contributed by atoms with Crippen molar-refractivity contribution < 1.29 is 23.1 Å². The molecule has 22 heavy (non-hydrogen) atoms. The van der Waals surface area contributed by atoms with E-state index in [0.717, 1.165) is 0 Å². The van der Waals surface area contributed by atoms with Gasteiger partial charge in [0.25, 0.3) is 0 Å². The molecule has 1 N–H and O–H groups in total. The van der Waals surface area contributed by atoms with Crippen molar-refractivity contribution in [3.05, 3.63) is 0 Å². The SMILES string of the molecule is C[C@H](O)CN1CCN(C(=O)[C@H]2CCCC[C@H]2C(F)(F)F)CC1. The number of amides is 1. The Morgan fingerprint density at radius 1 is 1.18 bits per heavy atom. The predicted octanol–water partition coefficient (Wildman–Crippen LogP) is 1.88. The zero-order valence-electron chi connectivity index (χ0n) is 13.0. The number of hydrogen-bond donors (Lipinski definition) is 1. The van der Waals surface area contributed by atoms with Crippen molar-refractivity contribution >= 4 is 5.91 Å². The standard InChI is InChI=1S/C15H25F3N2O2/c1-11(21)10-19-6-8-20(9-7-19)14(22)12-4-2-3-5-13(12)15(16,17)18/h11-13,21H,2-10H2,1H3/t11-,12-,13+/m0/s1. The molecule has 1 amide bonds. The molecule has 0 aromatic heterocycles. The molecule has 7 heteroatoms. The summed E-state index contributed by atoms with van der Waals surface area (Å²) in [5.41, 5.74) is 0. The summed E-state index contributed by atoms with van der Waals surface area (Å²) in [6.45, 7) is 4.36. The monoisotopic (exact) mass is 322 g/mol. The maximum Gasteiger partial charge on any atom is 0.392 e. The maximum absolute atomic E-state index is 13.1. The van der Waals surface area contributed by atoms with E-state index in [-0.39, 0.29) is 12.3 Å². The molecule has 1 heterocycles. The second-order valence-electron chi connectivity index (χ2n) is 6.51. The molecule has 1 aliphatic heterocycles. The molecule has 2 rings (SSSR count). The number of nitrogens with zero attached hydrogens (tertiary/aromatic N) is 2. The predicted molar refractivity (Wildman–Crippen MR) is 76.2 cm³/mol. The number of piperazine rings is 1. The van der Waals surface area contributed by atoms with E-state index in [9.17, 15) is 23.1 Å². The summed E-state index contributed by atoms with van der Waals surface area (Å²) in [5, 5.41) is 9.36. The second-order valence-corrected chi connectivity index (χ2v) is 6.51. The van der Waals surface area contributed by atoms with E-state index < -0.39 is 24.1 Å². The molecule has 0 aromatic rings. The van der Waals surface area contributed by atoms with Crippen molar-refractivity contribution in [3.8, 4) is 0 Å². The van der Waals surface area contributed by atoms with E-state index in [2.05, 4.69) is 0 Å². The summed E-state index contributed by atoms with van der Waals surface area (Å²) >= 11 is 0. The lowest BCUT2D eigenvalue weighted by molar-refractivity contribution is -0.201. The quantitative estimate of drug-likeness (QED) is 0.863. The molecule has 4 nitrogen and oxygen atoms in total. The number of carbonyl (C=O) groups is 1. The third-order valence-corrected chi connectivity index (χ3v) is 4.71. The van der Waals surface area contributed by atoms with Crippen molar-refractivity contribution in [1.29, 1.82) is 0 Å². The second kappa shape index (κ2) is 7.17. The summed E-state index contributed by atoms with van der Waals surface area (Å²) in [6, 6.07) is 0. The van der Waals surface area contributed by atoms with Gasteiger partial charge in [-0.25, -0.2) is 0 Å². The number of carbonyl (C=O) groups excluding carboxylic acids is 1. The molecule has 3 atom stereocenters. The first-order valence-corrected chi connectivity index (χ1v) is 8.05. The van der Waals surface area contributed by atoms with Crippen LogP contribution >= 0.6 is 0 Å². The molecular formula is C15H25F3N2O2. The van der Waals surface area contributed by atoms with Crippen molar-refractivity contribution in [2.75, 3.05) is 32.7 Å². The maximum atomic E-state index is 13.1. The molecule has 0 aromatic carbocycles. The van der Waals surface area contributed by atoms with Crippen LogP contribution in [0.5, 0.6) is 0 Å². The highest BCUT2D eigenvalue weighted by Gasteiger charge is 2.49. The smallest absolute Gasteiger partial charge is 0.392 e.